The van der Waals surface area contributed by atoms with Crippen molar-refractivity contribution in [2.24, 2.45) is 0 Å². The lowest BCUT2D eigenvalue weighted by Gasteiger charge is -2.05. The molecular weight excluding hydrogens is 230 g/mol. The first kappa shape index (κ1) is 12.2. The number of hydrogen-bond donors (Lipinski definition) is 2. The van der Waals surface area contributed by atoms with Gasteiger partial charge in [0, 0.05) is 5.69 Å². The van der Waals surface area contributed by atoms with Gasteiger partial charge in [-0.3, -0.25) is 0 Å². The third kappa shape index (κ3) is 2.91. The standard InChI is InChI=1S/C14H15NO3/c1-2-10-4-3-5-12(6-10)15-8-13-7-11(9-18-13)14(16)17/h3-7,9,15H,2,8H2,1H3,(H,16,17). The molecule has 0 amide bonds. The van der Waals surface area contributed by atoms with Crippen molar-refractivity contribution in [2.45, 2.75) is 19.9 Å². The van der Waals surface area contributed by atoms with Crippen molar-refractivity contribution in [1.29, 1.82) is 0 Å². The zero-order chi connectivity index (χ0) is 13.0. The number of rotatable bonds is 5. The minimum Gasteiger partial charge on any atom is -0.478 e. The van der Waals surface area contributed by atoms with Gasteiger partial charge in [-0.15, -0.1) is 0 Å². The molecule has 0 aliphatic rings. The van der Waals surface area contributed by atoms with Gasteiger partial charge in [0.2, 0.25) is 0 Å². The highest BCUT2D eigenvalue weighted by Gasteiger charge is 2.07. The second kappa shape index (κ2) is 5.40. The summed E-state index contributed by atoms with van der Waals surface area (Å²) in [5.41, 5.74) is 2.43. The fourth-order valence-electron chi connectivity index (χ4n) is 1.68. The molecule has 0 atom stereocenters. The Hall–Kier alpha value is -2.23. The molecule has 1 aromatic heterocycles. The maximum atomic E-state index is 10.7. The first-order chi connectivity index (χ1) is 8.69. The van der Waals surface area contributed by atoms with E-state index in [-0.39, 0.29) is 5.56 Å². The molecule has 0 saturated carbocycles. The molecule has 94 valence electrons. The van der Waals surface area contributed by atoms with E-state index in [4.69, 9.17) is 9.52 Å². The zero-order valence-corrected chi connectivity index (χ0v) is 10.1. The quantitative estimate of drug-likeness (QED) is 0.849. The van der Waals surface area contributed by atoms with Gasteiger partial charge >= 0.3 is 5.97 Å². The lowest BCUT2D eigenvalue weighted by atomic mass is 10.1. The number of aromatic carboxylic acids is 1. The van der Waals surface area contributed by atoms with Gasteiger partial charge in [0.25, 0.3) is 0 Å². The van der Waals surface area contributed by atoms with Crippen molar-refractivity contribution in [3.8, 4) is 0 Å². The van der Waals surface area contributed by atoms with Crippen LogP contribution in [0.3, 0.4) is 0 Å². The predicted octanol–water partition coefficient (Wildman–Crippen LogP) is 3.15. The second-order valence-electron chi connectivity index (χ2n) is 4.01. The molecule has 0 radical (unpaired) electrons. The number of benzene rings is 1. The normalized spacial score (nSPS) is 10.3. The lowest BCUT2D eigenvalue weighted by Crippen LogP contribution is -1.99. The third-order valence-electron chi connectivity index (χ3n) is 2.70. The summed E-state index contributed by atoms with van der Waals surface area (Å²) in [4.78, 5) is 10.7. The Bertz CT molecular complexity index is 545. The van der Waals surface area contributed by atoms with Crippen LogP contribution in [0.25, 0.3) is 0 Å². The molecule has 0 saturated heterocycles. The van der Waals surface area contributed by atoms with Crippen LogP contribution in [0.1, 0.15) is 28.6 Å². The van der Waals surface area contributed by atoms with Crippen molar-refractivity contribution in [2.75, 3.05) is 5.32 Å². The van der Waals surface area contributed by atoms with Crippen LogP contribution in [0.2, 0.25) is 0 Å². The average Bonchev–Trinajstić information content (AvgIpc) is 2.85. The van der Waals surface area contributed by atoms with Crippen LogP contribution in [0.4, 0.5) is 5.69 Å². The zero-order valence-electron chi connectivity index (χ0n) is 10.1. The van der Waals surface area contributed by atoms with Gasteiger partial charge in [0.05, 0.1) is 12.1 Å². The molecule has 0 spiro atoms. The molecule has 4 heteroatoms. The van der Waals surface area contributed by atoms with E-state index in [1.807, 2.05) is 12.1 Å². The van der Waals surface area contributed by atoms with Gasteiger partial charge in [0.1, 0.15) is 12.0 Å². The Morgan fingerprint density at radius 3 is 2.89 bits per heavy atom. The van der Waals surface area contributed by atoms with Crippen molar-refractivity contribution >= 4 is 11.7 Å². The predicted molar refractivity (Wildman–Crippen MR) is 68.8 cm³/mol. The molecule has 4 nitrogen and oxygen atoms in total. The molecule has 0 fully saturated rings. The first-order valence-corrected chi connectivity index (χ1v) is 5.82. The molecule has 1 heterocycles. The molecule has 0 aliphatic carbocycles. The molecule has 1 aromatic carbocycles. The van der Waals surface area contributed by atoms with E-state index in [0.717, 1.165) is 12.1 Å². The van der Waals surface area contributed by atoms with E-state index in [2.05, 4.69) is 24.4 Å². The van der Waals surface area contributed by atoms with E-state index in [1.54, 1.807) is 0 Å². The third-order valence-corrected chi connectivity index (χ3v) is 2.70. The number of carbonyl (C=O) groups is 1. The molecule has 0 aliphatic heterocycles. The van der Waals surface area contributed by atoms with Gasteiger partial charge in [-0.05, 0) is 30.2 Å². The molecule has 0 bridgehead atoms. The Morgan fingerprint density at radius 1 is 1.39 bits per heavy atom. The van der Waals surface area contributed by atoms with Crippen LogP contribution < -0.4 is 5.32 Å². The largest absolute Gasteiger partial charge is 0.478 e. The highest BCUT2D eigenvalue weighted by molar-refractivity contribution is 5.87. The number of furan rings is 1. The summed E-state index contributed by atoms with van der Waals surface area (Å²) in [7, 11) is 0. The summed E-state index contributed by atoms with van der Waals surface area (Å²) >= 11 is 0. The van der Waals surface area contributed by atoms with Gasteiger partial charge in [-0.1, -0.05) is 19.1 Å². The summed E-state index contributed by atoms with van der Waals surface area (Å²) in [6.07, 6.45) is 2.24. The Labute approximate surface area is 105 Å². The molecule has 2 rings (SSSR count). The number of anilines is 1. The number of aryl methyl sites for hydroxylation is 1. The Balaban J connectivity index is 1.99. The number of hydrogen-bond acceptors (Lipinski definition) is 3. The molecular formula is C14H15NO3. The summed E-state index contributed by atoms with van der Waals surface area (Å²) < 4.78 is 5.16. The van der Waals surface area contributed by atoms with Crippen molar-refractivity contribution in [1.82, 2.24) is 0 Å². The van der Waals surface area contributed by atoms with Gasteiger partial charge in [-0.2, -0.15) is 0 Å². The molecule has 2 aromatic rings. The highest BCUT2D eigenvalue weighted by atomic mass is 16.4. The van der Waals surface area contributed by atoms with Gasteiger partial charge < -0.3 is 14.8 Å². The smallest absolute Gasteiger partial charge is 0.338 e. The molecule has 18 heavy (non-hydrogen) atoms. The number of nitrogens with one attached hydrogen (secondary N) is 1. The summed E-state index contributed by atoms with van der Waals surface area (Å²) in [5.74, 6) is -0.368. The minimum absolute atomic E-state index is 0.175. The van der Waals surface area contributed by atoms with E-state index in [9.17, 15) is 4.79 Å². The molecule has 2 N–H and O–H groups in total. The van der Waals surface area contributed by atoms with E-state index in [0.29, 0.717) is 12.3 Å². The Kier molecular flexibility index (Phi) is 3.67. The SMILES string of the molecule is CCc1cccc(NCc2cc(C(=O)O)co2)c1. The summed E-state index contributed by atoms with van der Waals surface area (Å²) in [6, 6.07) is 9.63. The van der Waals surface area contributed by atoms with Crippen LogP contribution >= 0.6 is 0 Å². The number of carboxylic acids is 1. The Morgan fingerprint density at radius 2 is 2.22 bits per heavy atom. The van der Waals surface area contributed by atoms with Gasteiger partial charge in [-0.25, -0.2) is 4.79 Å². The maximum Gasteiger partial charge on any atom is 0.338 e. The summed E-state index contributed by atoms with van der Waals surface area (Å²) in [6.45, 7) is 2.57. The van der Waals surface area contributed by atoms with E-state index >= 15 is 0 Å². The fourth-order valence-corrected chi connectivity index (χ4v) is 1.68. The molecule has 0 unspecified atom stereocenters. The highest BCUT2D eigenvalue weighted by Crippen LogP contribution is 2.14. The van der Waals surface area contributed by atoms with Crippen LogP contribution in [0.15, 0.2) is 41.0 Å². The van der Waals surface area contributed by atoms with Crippen LogP contribution in [0, 0.1) is 0 Å². The van der Waals surface area contributed by atoms with Crippen LogP contribution in [-0.4, -0.2) is 11.1 Å². The topological polar surface area (TPSA) is 62.5 Å². The summed E-state index contributed by atoms with van der Waals surface area (Å²) in [5, 5.41) is 12.0. The average molecular weight is 245 g/mol. The van der Waals surface area contributed by atoms with Crippen molar-refractivity contribution in [3.05, 3.63) is 53.5 Å². The van der Waals surface area contributed by atoms with Crippen molar-refractivity contribution in [3.63, 3.8) is 0 Å². The fraction of sp³-hybridized carbons (Fsp3) is 0.214. The van der Waals surface area contributed by atoms with Crippen molar-refractivity contribution < 1.29 is 14.3 Å². The monoisotopic (exact) mass is 245 g/mol. The maximum absolute atomic E-state index is 10.7. The minimum atomic E-state index is -0.974. The lowest BCUT2D eigenvalue weighted by molar-refractivity contribution is 0.0696. The number of carboxylic acid groups (broad SMARTS) is 1. The van der Waals surface area contributed by atoms with Crippen LogP contribution in [-0.2, 0) is 13.0 Å². The first-order valence-electron chi connectivity index (χ1n) is 5.82. The second-order valence-corrected chi connectivity index (χ2v) is 4.01. The van der Waals surface area contributed by atoms with Gasteiger partial charge in [0.15, 0.2) is 0 Å². The van der Waals surface area contributed by atoms with Crippen LogP contribution in [0.5, 0.6) is 0 Å². The van der Waals surface area contributed by atoms with E-state index in [1.165, 1.54) is 17.9 Å². The van der Waals surface area contributed by atoms with E-state index < -0.39 is 5.97 Å².